The van der Waals surface area contributed by atoms with Crippen molar-refractivity contribution in [3.05, 3.63) is 0 Å². The van der Waals surface area contributed by atoms with Crippen molar-refractivity contribution in [3.63, 3.8) is 0 Å². The van der Waals surface area contributed by atoms with Crippen LogP contribution in [0.15, 0.2) is 0 Å². The molecule has 0 atom stereocenters. The molecule has 0 aromatic rings. The highest BCUT2D eigenvalue weighted by Gasteiger charge is 1.70. The second-order valence-corrected chi connectivity index (χ2v) is 1.19. The van der Waals surface area contributed by atoms with Crippen LogP contribution in [0.3, 0.4) is 0 Å². The lowest BCUT2D eigenvalue weighted by Crippen LogP contribution is -1.81. The number of Topliss-reactive ketones (excluding diaryl/α,β-unsaturated/α-hetero) is 1. The minimum Gasteiger partial charge on any atom is -0.450 e. The molecule has 4 heteroatoms. The summed E-state index contributed by atoms with van der Waals surface area (Å²) >= 11 is 0. The van der Waals surface area contributed by atoms with Crippen LogP contribution in [0.2, 0.25) is 0 Å². The van der Waals surface area contributed by atoms with Crippen LogP contribution >= 0.6 is 0 Å². The molecule has 0 amide bonds. The second-order valence-electron chi connectivity index (χ2n) is 1.19. The summed E-state index contributed by atoms with van der Waals surface area (Å²) in [5, 5.41) is 13.9. The third-order valence-corrected chi connectivity index (χ3v) is 0. The molecule has 0 rings (SSSR count). The average Bonchev–Trinajstić information content (AvgIpc) is 1.25. The van der Waals surface area contributed by atoms with Crippen LogP contribution in [0.5, 0.6) is 0 Å². The number of hydrogen-bond acceptors (Lipinski definition) is 2. The molecule has 0 aliphatic heterocycles. The number of ketones is 1. The molecular formula is C4H8O4. The lowest BCUT2D eigenvalue weighted by atomic mass is 10.6. The van der Waals surface area contributed by atoms with Gasteiger partial charge in [-0.3, -0.25) is 0 Å². The van der Waals surface area contributed by atoms with Gasteiger partial charge in [-0.2, -0.15) is 0 Å². The molecule has 0 saturated carbocycles. The van der Waals surface area contributed by atoms with Crippen molar-refractivity contribution in [2.24, 2.45) is 0 Å². The fourth-order valence-corrected chi connectivity index (χ4v) is 0. The Kier molecular flexibility index (Phi) is 7.45. The number of hydrogen-bond donors (Lipinski definition) is 2. The Hall–Kier alpha value is -1.06. The van der Waals surface area contributed by atoms with Crippen molar-refractivity contribution in [2.75, 3.05) is 0 Å². The zero-order chi connectivity index (χ0) is 7.15. The van der Waals surface area contributed by atoms with Gasteiger partial charge in [0.25, 0.3) is 0 Å². The Labute approximate surface area is 46.8 Å². The van der Waals surface area contributed by atoms with E-state index in [0.717, 1.165) is 0 Å². The Balaban J connectivity index is 0. The first-order valence-electron chi connectivity index (χ1n) is 1.86. The summed E-state index contributed by atoms with van der Waals surface area (Å²) < 4.78 is 0. The normalized spacial score (nSPS) is 6.25. The van der Waals surface area contributed by atoms with Gasteiger partial charge in [0.1, 0.15) is 5.78 Å². The van der Waals surface area contributed by atoms with Crippen LogP contribution in [0.25, 0.3) is 0 Å². The molecule has 0 aliphatic rings. The van der Waals surface area contributed by atoms with E-state index in [1.165, 1.54) is 13.8 Å². The highest BCUT2D eigenvalue weighted by atomic mass is 16.6. The van der Waals surface area contributed by atoms with Gasteiger partial charge in [0.2, 0.25) is 0 Å². The van der Waals surface area contributed by atoms with Gasteiger partial charge in [-0.15, -0.1) is 0 Å². The molecule has 0 bridgehead atoms. The van der Waals surface area contributed by atoms with E-state index in [1.54, 1.807) is 0 Å². The summed E-state index contributed by atoms with van der Waals surface area (Å²) in [6.45, 7) is 3.06. The summed E-state index contributed by atoms with van der Waals surface area (Å²) in [6, 6.07) is 0. The van der Waals surface area contributed by atoms with Crippen LogP contribution in [-0.4, -0.2) is 22.2 Å². The van der Waals surface area contributed by atoms with Crippen LogP contribution in [-0.2, 0) is 4.79 Å². The largest absolute Gasteiger partial charge is 0.503 e. The maximum atomic E-state index is 9.44. The summed E-state index contributed by atoms with van der Waals surface area (Å²) in [7, 11) is 0. The molecular weight excluding hydrogens is 112 g/mol. The summed E-state index contributed by atoms with van der Waals surface area (Å²) in [5.41, 5.74) is 0. The number of carbonyl (C=O) groups excluding carboxylic acids is 1. The SMILES string of the molecule is CC(C)=O.O=C(O)O. The van der Waals surface area contributed by atoms with Crippen molar-refractivity contribution in [1.82, 2.24) is 0 Å². The van der Waals surface area contributed by atoms with E-state index in [2.05, 4.69) is 0 Å². The minimum absolute atomic E-state index is 0.167. The van der Waals surface area contributed by atoms with Crippen LogP contribution in [0, 0.1) is 0 Å². The molecule has 0 aromatic carbocycles. The number of rotatable bonds is 0. The van der Waals surface area contributed by atoms with E-state index in [0.29, 0.717) is 0 Å². The summed E-state index contributed by atoms with van der Waals surface area (Å²) in [4.78, 5) is 18.0. The van der Waals surface area contributed by atoms with Gasteiger partial charge < -0.3 is 15.0 Å². The fraction of sp³-hybridized carbons (Fsp3) is 0.500. The number of carbonyl (C=O) groups is 2. The highest BCUT2D eigenvalue weighted by Crippen LogP contribution is 1.50. The lowest BCUT2D eigenvalue weighted by molar-refractivity contribution is -0.114. The van der Waals surface area contributed by atoms with E-state index < -0.39 is 6.16 Å². The molecule has 0 unspecified atom stereocenters. The Morgan fingerprint density at radius 2 is 1.12 bits per heavy atom. The predicted molar refractivity (Wildman–Crippen MR) is 27.0 cm³/mol. The number of carboxylic acid groups (broad SMARTS) is 2. The van der Waals surface area contributed by atoms with Crippen molar-refractivity contribution in [2.45, 2.75) is 13.8 Å². The van der Waals surface area contributed by atoms with Crippen molar-refractivity contribution >= 4 is 11.9 Å². The second kappa shape index (κ2) is 5.94. The average molecular weight is 120 g/mol. The zero-order valence-corrected chi connectivity index (χ0v) is 4.71. The molecule has 8 heavy (non-hydrogen) atoms. The Morgan fingerprint density at radius 3 is 1.12 bits per heavy atom. The zero-order valence-electron chi connectivity index (χ0n) is 4.71. The third kappa shape index (κ3) is 68.3. The smallest absolute Gasteiger partial charge is 0.450 e. The maximum Gasteiger partial charge on any atom is 0.503 e. The third-order valence-electron chi connectivity index (χ3n) is 0. The van der Waals surface area contributed by atoms with E-state index >= 15 is 0 Å². The van der Waals surface area contributed by atoms with Gasteiger partial charge in [0, 0.05) is 0 Å². The van der Waals surface area contributed by atoms with E-state index in [1.807, 2.05) is 0 Å². The van der Waals surface area contributed by atoms with E-state index in [4.69, 9.17) is 15.0 Å². The first kappa shape index (κ1) is 10.0. The molecule has 48 valence electrons. The standard InChI is InChI=1S/C3H6O.CH2O3/c1-3(2)4;2-1(3)4/h1-2H3;(H2,2,3,4). The van der Waals surface area contributed by atoms with Gasteiger partial charge in [0.05, 0.1) is 0 Å². The predicted octanol–water partition coefficient (Wildman–Crippen LogP) is 0.818. The Bertz CT molecular complexity index is 66.0. The van der Waals surface area contributed by atoms with Gasteiger partial charge in [-0.25, -0.2) is 4.79 Å². The lowest BCUT2D eigenvalue weighted by Gasteiger charge is -1.60. The molecule has 0 fully saturated rings. The van der Waals surface area contributed by atoms with Gasteiger partial charge in [-0.05, 0) is 13.8 Å². The van der Waals surface area contributed by atoms with Gasteiger partial charge in [0.15, 0.2) is 0 Å². The topological polar surface area (TPSA) is 74.6 Å². The van der Waals surface area contributed by atoms with Gasteiger partial charge >= 0.3 is 6.16 Å². The van der Waals surface area contributed by atoms with Crippen molar-refractivity contribution in [1.29, 1.82) is 0 Å². The molecule has 2 N–H and O–H groups in total. The van der Waals surface area contributed by atoms with Crippen molar-refractivity contribution in [3.8, 4) is 0 Å². The summed E-state index contributed by atoms with van der Waals surface area (Å²) in [6.07, 6.45) is -1.83. The van der Waals surface area contributed by atoms with E-state index in [9.17, 15) is 4.79 Å². The molecule has 0 saturated heterocycles. The monoisotopic (exact) mass is 120 g/mol. The first-order valence-corrected chi connectivity index (χ1v) is 1.86. The Morgan fingerprint density at radius 1 is 1.12 bits per heavy atom. The molecule has 4 nitrogen and oxygen atoms in total. The van der Waals surface area contributed by atoms with Crippen LogP contribution in [0.4, 0.5) is 4.79 Å². The van der Waals surface area contributed by atoms with Crippen LogP contribution < -0.4 is 0 Å². The highest BCUT2D eigenvalue weighted by molar-refractivity contribution is 5.72. The maximum absolute atomic E-state index is 9.44. The molecule has 0 radical (unpaired) electrons. The van der Waals surface area contributed by atoms with E-state index in [-0.39, 0.29) is 5.78 Å². The van der Waals surface area contributed by atoms with Gasteiger partial charge in [-0.1, -0.05) is 0 Å². The summed E-state index contributed by atoms with van der Waals surface area (Å²) in [5.74, 6) is 0.167. The first-order chi connectivity index (χ1) is 3.46. The molecule has 0 aromatic heterocycles. The molecule has 0 aliphatic carbocycles. The molecule has 0 heterocycles. The van der Waals surface area contributed by atoms with Crippen molar-refractivity contribution < 1.29 is 19.8 Å². The van der Waals surface area contributed by atoms with Crippen LogP contribution in [0.1, 0.15) is 13.8 Å². The molecule has 0 spiro atoms. The minimum atomic E-state index is -1.83. The quantitative estimate of drug-likeness (QED) is 0.496. The fourth-order valence-electron chi connectivity index (χ4n) is 0.